The van der Waals surface area contributed by atoms with Crippen LogP contribution < -0.4 is 5.73 Å². The van der Waals surface area contributed by atoms with Crippen LogP contribution in [0.4, 0.5) is 0 Å². The van der Waals surface area contributed by atoms with Crippen molar-refractivity contribution in [1.82, 2.24) is 4.90 Å². The van der Waals surface area contributed by atoms with E-state index in [1.54, 1.807) is 12.5 Å². The summed E-state index contributed by atoms with van der Waals surface area (Å²) in [7, 11) is 0. The summed E-state index contributed by atoms with van der Waals surface area (Å²) in [6.45, 7) is 1.64. The first-order chi connectivity index (χ1) is 6.70. The number of carbonyl (C=O) groups is 1. The third-order valence-electron chi connectivity index (χ3n) is 2.04. The zero-order valence-electron chi connectivity index (χ0n) is 7.97. The van der Waals surface area contributed by atoms with Gasteiger partial charge in [0.2, 0.25) is 0 Å². The van der Waals surface area contributed by atoms with Gasteiger partial charge in [-0.15, -0.1) is 0 Å². The zero-order chi connectivity index (χ0) is 10.4. The van der Waals surface area contributed by atoms with Crippen LogP contribution in [0.1, 0.15) is 12.8 Å². The fraction of sp³-hybridized carbons (Fsp3) is 0.556. The van der Waals surface area contributed by atoms with Crippen molar-refractivity contribution in [2.75, 3.05) is 13.1 Å². The fourth-order valence-corrected chi connectivity index (χ4v) is 1.21. The molecule has 78 valence electrons. The van der Waals surface area contributed by atoms with Crippen molar-refractivity contribution in [3.05, 3.63) is 12.3 Å². The van der Waals surface area contributed by atoms with Gasteiger partial charge >= 0.3 is 5.97 Å². The lowest BCUT2D eigenvalue weighted by Gasteiger charge is -2.19. The van der Waals surface area contributed by atoms with Crippen LogP contribution in [0.15, 0.2) is 17.3 Å². The van der Waals surface area contributed by atoms with Gasteiger partial charge < -0.3 is 15.7 Å². The van der Waals surface area contributed by atoms with Crippen LogP contribution in [0.25, 0.3) is 0 Å². The van der Waals surface area contributed by atoms with Crippen molar-refractivity contribution in [3.8, 4) is 0 Å². The van der Waals surface area contributed by atoms with E-state index in [1.165, 1.54) is 0 Å². The van der Waals surface area contributed by atoms with Crippen molar-refractivity contribution in [2.24, 2.45) is 10.7 Å². The number of carboxylic acid groups (broad SMARTS) is 1. The standard InChI is InChI=1S/C9H15N3O2/c10-8(9(13)14)3-1-5-12-6-2-4-11-7-12/h2,4,7-8H,1,3,5-6,10H2,(H,13,14). The lowest BCUT2D eigenvalue weighted by Crippen LogP contribution is -2.32. The molecule has 1 rings (SSSR count). The van der Waals surface area contributed by atoms with Gasteiger partial charge in [-0.3, -0.25) is 4.79 Å². The summed E-state index contributed by atoms with van der Waals surface area (Å²) in [5.41, 5.74) is 5.37. The minimum Gasteiger partial charge on any atom is -0.480 e. The molecule has 14 heavy (non-hydrogen) atoms. The summed E-state index contributed by atoms with van der Waals surface area (Å²) in [5, 5.41) is 8.54. The summed E-state index contributed by atoms with van der Waals surface area (Å²) in [5.74, 6) is -0.933. The van der Waals surface area contributed by atoms with Gasteiger partial charge in [-0.25, -0.2) is 4.99 Å². The Morgan fingerprint density at radius 1 is 1.71 bits per heavy atom. The van der Waals surface area contributed by atoms with Gasteiger partial charge in [-0.2, -0.15) is 0 Å². The lowest BCUT2D eigenvalue weighted by molar-refractivity contribution is -0.138. The molecule has 0 amide bonds. The molecule has 0 aromatic carbocycles. The first kappa shape index (κ1) is 10.7. The van der Waals surface area contributed by atoms with E-state index in [2.05, 4.69) is 4.99 Å². The molecule has 0 radical (unpaired) electrons. The largest absolute Gasteiger partial charge is 0.480 e. The smallest absolute Gasteiger partial charge is 0.320 e. The summed E-state index contributed by atoms with van der Waals surface area (Å²) >= 11 is 0. The fourth-order valence-electron chi connectivity index (χ4n) is 1.21. The Balaban J connectivity index is 2.12. The Morgan fingerprint density at radius 2 is 2.50 bits per heavy atom. The maximum absolute atomic E-state index is 10.4. The highest BCUT2D eigenvalue weighted by Crippen LogP contribution is 1.99. The maximum Gasteiger partial charge on any atom is 0.320 e. The zero-order valence-corrected chi connectivity index (χ0v) is 7.97. The number of carboxylic acids is 1. The molecule has 0 saturated heterocycles. The molecule has 0 spiro atoms. The van der Waals surface area contributed by atoms with Gasteiger partial charge in [0.1, 0.15) is 6.04 Å². The van der Waals surface area contributed by atoms with Crippen molar-refractivity contribution in [3.63, 3.8) is 0 Å². The first-order valence-corrected chi connectivity index (χ1v) is 4.61. The minimum absolute atomic E-state index is 0.503. The summed E-state index contributed by atoms with van der Waals surface area (Å²) in [4.78, 5) is 16.4. The third-order valence-corrected chi connectivity index (χ3v) is 2.04. The third kappa shape index (κ3) is 3.57. The van der Waals surface area contributed by atoms with E-state index in [1.807, 2.05) is 11.0 Å². The Hall–Kier alpha value is -1.36. The average Bonchev–Trinajstić information content (AvgIpc) is 2.19. The molecule has 0 aromatic rings. The van der Waals surface area contributed by atoms with Gasteiger partial charge in [0.15, 0.2) is 0 Å². The summed E-state index contributed by atoms with van der Waals surface area (Å²) < 4.78 is 0. The van der Waals surface area contributed by atoms with Crippen molar-refractivity contribution in [1.29, 1.82) is 0 Å². The SMILES string of the molecule is NC(CCCN1C=NC=CC1)C(=O)O. The number of hydrogen-bond donors (Lipinski definition) is 2. The maximum atomic E-state index is 10.4. The molecule has 1 aliphatic heterocycles. The van der Waals surface area contributed by atoms with Gasteiger partial charge in [0, 0.05) is 19.3 Å². The number of hydrogen-bond acceptors (Lipinski definition) is 4. The highest BCUT2D eigenvalue weighted by molar-refractivity contribution is 5.72. The lowest BCUT2D eigenvalue weighted by atomic mass is 10.1. The van der Waals surface area contributed by atoms with Crippen LogP contribution in [0, 0.1) is 0 Å². The Bertz CT molecular complexity index is 250. The van der Waals surface area contributed by atoms with E-state index in [0.29, 0.717) is 6.42 Å². The molecule has 5 nitrogen and oxygen atoms in total. The van der Waals surface area contributed by atoms with E-state index in [9.17, 15) is 4.79 Å². The molecular formula is C9H15N3O2. The van der Waals surface area contributed by atoms with Crippen LogP contribution in [-0.4, -0.2) is 41.4 Å². The quantitative estimate of drug-likeness (QED) is 0.652. The van der Waals surface area contributed by atoms with E-state index in [-0.39, 0.29) is 0 Å². The molecule has 1 atom stereocenters. The van der Waals surface area contributed by atoms with Gasteiger partial charge in [0.25, 0.3) is 0 Å². The first-order valence-electron chi connectivity index (χ1n) is 4.61. The van der Waals surface area contributed by atoms with Crippen LogP contribution in [-0.2, 0) is 4.79 Å². The van der Waals surface area contributed by atoms with E-state index in [0.717, 1.165) is 19.5 Å². The molecule has 0 saturated carbocycles. The number of rotatable bonds is 5. The Kier molecular flexibility index (Phi) is 4.12. The van der Waals surface area contributed by atoms with Crippen molar-refractivity contribution < 1.29 is 9.90 Å². The van der Waals surface area contributed by atoms with Gasteiger partial charge in [-0.1, -0.05) is 0 Å². The Labute approximate surface area is 82.9 Å². The van der Waals surface area contributed by atoms with Gasteiger partial charge in [0.05, 0.1) is 6.34 Å². The molecule has 0 fully saturated rings. The molecule has 0 bridgehead atoms. The number of nitrogens with zero attached hydrogens (tertiary/aromatic N) is 2. The van der Waals surface area contributed by atoms with Crippen molar-refractivity contribution in [2.45, 2.75) is 18.9 Å². The second-order valence-electron chi connectivity index (χ2n) is 3.23. The van der Waals surface area contributed by atoms with Crippen LogP contribution in [0.2, 0.25) is 0 Å². The molecule has 0 aromatic heterocycles. The number of aliphatic carboxylic acids is 1. The monoisotopic (exact) mass is 197 g/mol. The molecule has 1 heterocycles. The average molecular weight is 197 g/mol. The predicted octanol–water partition coefficient (Wildman–Crippen LogP) is 0.0361. The second kappa shape index (κ2) is 5.39. The van der Waals surface area contributed by atoms with Crippen LogP contribution in [0.3, 0.4) is 0 Å². The number of nitrogens with two attached hydrogens (primary N) is 1. The summed E-state index contributed by atoms with van der Waals surface area (Å²) in [6.07, 6.45) is 6.74. The van der Waals surface area contributed by atoms with Crippen LogP contribution in [0.5, 0.6) is 0 Å². The van der Waals surface area contributed by atoms with E-state index >= 15 is 0 Å². The molecule has 3 N–H and O–H groups in total. The second-order valence-corrected chi connectivity index (χ2v) is 3.23. The van der Waals surface area contributed by atoms with E-state index < -0.39 is 12.0 Å². The Morgan fingerprint density at radius 3 is 3.07 bits per heavy atom. The molecule has 1 unspecified atom stereocenters. The minimum atomic E-state index is -0.933. The highest BCUT2D eigenvalue weighted by atomic mass is 16.4. The van der Waals surface area contributed by atoms with E-state index in [4.69, 9.17) is 10.8 Å². The normalized spacial score (nSPS) is 17.1. The van der Waals surface area contributed by atoms with Gasteiger partial charge in [-0.05, 0) is 18.9 Å². The summed E-state index contributed by atoms with van der Waals surface area (Å²) in [6, 6.07) is -0.743. The predicted molar refractivity (Wildman–Crippen MR) is 54.1 cm³/mol. The highest BCUT2D eigenvalue weighted by Gasteiger charge is 2.11. The topological polar surface area (TPSA) is 78.9 Å². The van der Waals surface area contributed by atoms with Crippen LogP contribution >= 0.6 is 0 Å². The van der Waals surface area contributed by atoms with Crippen molar-refractivity contribution >= 4 is 12.3 Å². The molecule has 0 aliphatic carbocycles. The number of aliphatic imine (C=N–C) groups is 1. The molecule has 1 aliphatic rings. The molecule has 5 heteroatoms. The molecular weight excluding hydrogens is 182 g/mol.